The van der Waals surface area contributed by atoms with Gasteiger partial charge in [-0.2, -0.15) is 0 Å². The van der Waals surface area contributed by atoms with E-state index in [4.69, 9.17) is 9.73 Å². The average molecular weight is 650 g/mol. The molecule has 4 aromatic rings. The average Bonchev–Trinajstić information content (AvgIpc) is 3.39. The quantitative estimate of drug-likeness (QED) is 0.174. The molecule has 0 N–H and O–H groups in total. The number of hydrogen-bond acceptors (Lipinski definition) is 8. The number of esters is 1. The molecule has 2 aliphatic rings. The highest BCUT2D eigenvalue weighted by molar-refractivity contribution is 9.10. The molecule has 0 aliphatic carbocycles. The molecule has 216 valence electrons. The molecule has 42 heavy (non-hydrogen) atoms. The number of para-hydroxylation sites is 1. The molecular weight excluding hydrogens is 619 g/mol. The summed E-state index contributed by atoms with van der Waals surface area (Å²) in [4.78, 5) is 22.0. The highest BCUT2D eigenvalue weighted by atomic mass is 79.9. The van der Waals surface area contributed by atoms with Crippen LogP contribution in [0, 0.1) is 5.82 Å². The van der Waals surface area contributed by atoms with Crippen LogP contribution in [-0.4, -0.2) is 70.5 Å². The Balaban J connectivity index is 1.31. The van der Waals surface area contributed by atoms with Crippen molar-refractivity contribution in [3.8, 4) is 5.69 Å². The molecule has 6 rings (SSSR count). The van der Waals surface area contributed by atoms with Gasteiger partial charge in [0.2, 0.25) is 0 Å². The van der Waals surface area contributed by atoms with Gasteiger partial charge in [0.25, 0.3) is 0 Å². The third kappa shape index (κ3) is 5.99. The number of aromatic nitrogens is 3. The lowest BCUT2D eigenvalue weighted by Crippen LogP contribution is -2.46. The lowest BCUT2D eigenvalue weighted by atomic mass is 10.00. The molecule has 2 aliphatic heterocycles. The number of carbonyl (C=O) groups excluding carboxylic acids is 1. The molecule has 0 bridgehead atoms. The molecule has 0 radical (unpaired) electrons. The summed E-state index contributed by atoms with van der Waals surface area (Å²) >= 11 is 5.22. The van der Waals surface area contributed by atoms with Gasteiger partial charge in [-0.3, -0.25) is 19.3 Å². The molecule has 8 nitrogen and oxygen atoms in total. The Morgan fingerprint density at radius 3 is 2.52 bits per heavy atom. The molecule has 0 unspecified atom stereocenters. The van der Waals surface area contributed by atoms with E-state index >= 15 is 4.39 Å². The Morgan fingerprint density at radius 1 is 1.00 bits per heavy atom. The summed E-state index contributed by atoms with van der Waals surface area (Å²) in [7, 11) is 1.37. The fourth-order valence-corrected chi connectivity index (χ4v) is 6.67. The molecule has 0 amide bonds. The maximum Gasteiger partial charge on any atom is 0.305 e. The van der Waals surface area contributed by atoms with Crippen LogP contribution >= 0.6 is 27.7 Å². The monoisotopic (exact) mass is 648 g/mol. The number of piperazine rings is 1. The molecule has 11 heteroatoms. The van der Waals surface area contributed by atoms with Crippen molar-refractivity contribution in [2.45, 2.75) is 24.0 Å². The van der Waals surface area contributed by atoms with E-state index in [2.05, 4.69) is 60.2 Å². The first-order valence-corrected chi connectivity index (χ1v) is 15.6. The highest BCUT2D eigenvalue weighted by Gasteiger charge is 2.31. The molecular formula is C31H30BrFN6O2S. The number of nitrogens with zero attached hydrogens (tertiary/aromatic N) is 6. The Labute approximate surface area is 256 Å². The first-order chi connectivity index (χ1) is 20.5. The number of carbonyl (C=O) groups is 1. The Bertz CT molecular complexity index is 1610. The normalized spacial score (nSPS) is 16.8. The Morgan fingerprint density at radius 2 is 1.76 bits per heavy atom. The molecule has 1 saturated heterocycles. The number of halogens is 2. The zero-order chi connectivity index (χ0) is 29.1. The van der Waals surface area contributed by atoms with E-state index in [-0.39, 0.29) is 18.2 Å². The van der Waals surface area contributed by atoms with Crippen LogP contribution in [0.3, 0.4) is 0 Å². The van der Waals surface area contributed by atoms with Crippen molar-refractivity contribution in [1.29, 1.82) is 0 Å². The van der Waals surface area contributed by atoms with E-state index in [1.54, 1.807) is 30.0 Å². The fraction of sp³-hybridized carbons (Fsp3) is 0.290. The zero-order valence-corrected chi connectivity index (χ0v) is 25.5. The van der Waals surface area contributed by atoms with Gasteiger partial charge in [0.05, 0.1) is 24.4 Å². The minimum Gasteiger partial charge on any atom is -0.469 e. The van der Waals surface area contributed by atoms with Crippen molar-refractivity contribution in [2.75, 3.05) is 44.1 Å². The number of thioether (sulfide) groups is 1. The van der Waals surface area contributed by atoms with Crippen molar-refractivity contribution in [3.05, 3.63) is 100 Å². The summed E-state index contributed by atoms with van der Waals surface area (Å²) in [5, 5.41) is 9.91. The molecule has 3 heterocycles. The van der Waals surface area contributed by atoms with E-state index in [1.807, 2.05) is 28.8 Å². The van der Waals surface area contributed by atoms with Gasteiger partial charge in [-0.15, -0.1) is 10.2 Å². The maximum absolute atomic E-state index is 15.2. The topological polar surface area (TPSA) is 75.8 Å². The summed E-state index contributed by atoms with van der Waals surface area (Å²) in [6.07, 6.45) is 0.500. The molecule has 3 aromatic carbocycles. The molecule has 1 fully saturated rings. The van der Waals surface area contributed by atoms with Crippen molar-refractivity contribution < 1.29 is 13.9 Å². The summed E-state index contributed by atoms with van der Waals surface area (Å²) in [5.41, 5.74) is 3.73. The van der Waals surface area contributed by atoms with Crippen LogP contribution < -0.4 is 4.90 Å². The third-order valence-electron chi connectivity index (χ3n) is 7.54. The number of aliphatic imine (C=N–C) groups is 1. The molecule has 0 spiro atoms. The van der Waals surface area contributed by atoms with E-state index < -0.39 is 6.04 Å². The predicted octanol–water partition coefficient (Wildman–Crippen LogP) is 5.89. The van der Waals surface area contributed by atoms with Crippen LogP contribution in [0.5, 0.6) is 0 Å². The van der Waals surface area contributed by atoms with Crippen LogP contribution in [0.2, 0.25) is 0 Å². The summed E-state index contributed by atoms with van der Waals surface area (Å²) < 4.78 is 23.0. The van der Waals surface area contributed by atoms with Gasteiger partial charge in [-0.1, -0.05) is 58.0 Å². The van der Waals surface area contributed by atoms with Crippen LogP contribution in [0.4, 0.5) is 10.1 Å². The number of rotatable bonds is 8. The number of methoxy groups -OCH3 is 1. The fourth-order valence-electron chi connectivity index (χ4n) is 5.33. The van der Waals surface area contributed by atoms with Gasteiger partial charge in [0.1, 0.15) is 11.9 Å². The van der Waals surface area contributed by atoms with Gasteiger partial charge in [-0.25, -0.2) is 4.39 Å². The summed E-state index contributed by atoms with van der Waals surface area (Å²) in [6.45, 7) is 3.78. The highest BCUT2D eigenvalue weighted by Crippen LogP contribution is 2.37. The van der Waals surface area contributed by atoms with Crippen LogP contribution in [-0.2, 0) is 9.53 Å². The number of ether oxygens (including phenoxy) is 1. The lowest BCUT2D eigenvalue weighted by Gasteiger charge is -2.35. The number of benzene rings is 3. The summed E-state index contributed by atoms with van der Waals surface area (Å²) in [5.74, 6) is 0.666. The van der Waals surface area contributed by atoms with Crippen molar-refractivity contribution in [2.24, 2.45) is 4.99 Å². The van der Waals surface area contributed by atoms with Crippen LogP contribution in [0.1, 0.15) is 35.8 Å². The van der Waals surface area contributed by atoms with E-state index in [9.17, 15) is 4.79 Å². The van der Waals surface area contributed by atoms with Gasteiger partial charge in [-0.05, 0) is 48.9 Å². The number of anilines is 1. The molecule has 1 aromatic heterocycles. The Kier molecular flexibility index (Phi) is 8.68. The van der Waals surface area contributed by atoms with E-state index in [1.165, 1.54) is 18.9 Å². The standard InChI is InChI=1S/C31H30BrFN6O2S/c1-41-28(40)14-12-26-30-35-36-31(42-20-37-15-17-38(18-16-37)22-7-3-2-4-8-22)39(30)27-13-11-21(32)19-24(27)29(34-26)23-9-5-6-10-25(23)33/h2-11,13,19,26H,12,14-18,20H2,1H3/t26-/m0/s1. The zero-order valence-electron chi connectivity index (χ0n) is 23.1. The number of hydrogen-bond donors (Lipinski definition) is 0. The maximum atomic E-state index is 15.2. The second-order valence-corrected chi connectivity index (χ2v) is 12.0. The van der Waals surface area contributed by atoms with Gasteiger partial charge < -0.3 is 9.64 Å². The van der Waals surface area contributed by atoms with Crippen LogP contribution in [0.25, 0.3) is 5.69 Å². The van der Waals surface area contributed by atoms with Gasteiger partial charge in [0, 0.05) is 53.9 Å². The smallest absolute Gasteiger partial charge is 0.305 e. The van der Waals surface area contributed by atoms with Crippen LogP contribution in [0.15, 0.2) is 87.4 Å². The third-order valence-corrected chi connectivity index (χ3v) is 9.05. The minimum atomic E-state index is -0.527. The lowest BCUT2D eigenvalue weighted by molar-refractivity contribution is -0.140. The predicted molar refractivity (Wildman–Crippen MR) is 166 cm³/mol. The summed E-state index contributed by atoms with van der Waals surface area (Å²) in [6, 6.07) is 22.5. The Hall–Kier alpha value is -3.54. The van der Waals surface area contributed by atoms with Gasteiger partial charge >= 0.3 is 5.97 Å². The first-order valence-electron chi connectivity index (χ1n) is 13.8. The van der Waals surface area contributed by atoms with E-state index in [0.717, 1.165) is 52.9 Å². The molecule has 1 atom stereocenters. The van der Waals surface area contributed by atoms with Crippen molar-refractivity contribution >= 4 is 45.1 Å². The number of fused-ring (bicyclic) bond motifs is 3. The van der Waals surface area contributed by atoms with E-state index in [0.29, 0.717) is 23.5 Å². The largest absolute Gasteiger partial charge is 0.469 e. The molecule has 0 saturated carbocycles. The minimum absolute atomic E-state index is 0.149. The van der Waals surface area contributed by atoms with Crippen molar-refractivity contribution in [3.63, 3.8) is 0 Å². The second-order valence-electron chi connectivity index (χ2n) is 10.1. The second kappa shape index (κ2) is 12.8. The SMILES string of the molecule is COC(=O)CC[C@@H]1N=C(c2ccccc2F)c2cc(Br)ccc2-n2c(SCN3CCN(c4ccccc4)CC3)nnc21. The first kappa shape index (κ1) is 28.6. The van der Waals surface area contributed by atoms with Gasteiger partial charge in [0.15, 0.2) is 11.0 Å². The van der Waals surface area contributed by atoms with Crippen molar-refractivity contribution in [1.82, 2.24) is 19.7 Å².